The Morgan fingerprint density at radius 3 is 2.55 bits per heavy atom. The summed E-state index contributed by atoms with van der Waals surface area (Å²) in [6.07, 6.45) is 0.937. The number of rotatable bonds is 6. The molecule has 4 nitrogen and oxygen atoms in total. The van der Waals surface area contributed by atoms with Crippen molar-refractivity contribution in [3.8, 4) is 0 Å². The fraction of sp³-hybridized carbons (Fsp3) is 0.533. The molecule has 0 bridgehead atoms. The van der Waals surface area contributed by atoms with E-state index in [1.807, 2.05) is 14.1 Å². The third-order valence-electron chi connectivity index (χ3n) is 2.94. The van der Waals surface area contributed by atoms with Gasteiger partial charge in [-0.3, -0.25) is 4.79 Å². The van der Waals surface area contributed by atoms with Crippen LogP contribution >= 0.6 is 11.6 Å². The minimum Gasteiger partial charge on any atom is -0.398 e. The molecule has 0 heterocycles. The Balaban J connectivity index is 2.76. The average molecular weight is 298 g/mol. The van der Waals surface area contributed by atoms with E-state index >= 15 is 0 Å². The van der Waals surface area contributed by atoms with E-state index < -0.39 is 0 Å². The highest BCUT2D eigenvalue weighted by atomic mass is 35.5. The van der Waals surface area contributed by atoms with Crippen molar-refractivity contribution in [1.29, 1.82) is 0 Å². The molecule has 0 aliphatic heterocycles. The predicted molar refractivity (Wildman–Crippen MR) is 85.1 cm³/mol. The van der Waals surface area contributed by atoms with Gasteiger partial charge < -0.3 is 16.0 Å². The molecule has 5 heteroatoms. The van der Waals surface area contributed by atoms with E-state index in [0.29, 0.717) is 22.2 Å². The third-order valence-corrected chi connectivity index (χ3v) is 3.27. The quantitative estimate of drug-likeness (QED) is 0.794. The molecule has 0 aliphatic rings. The second-order valence-electron chi connectivity index (χ2n) is 5.80. The second kappa shape index (κ2) is 7.50. The lowest BCUT2D eigenvalue weighted by Gasteiger charge is -2.24. The van der Waals surface area contributed by atoms with E-state index in [1.54, 1.807) is 18.2 Å². The second-order valence-corrected chi connectivity index (χ2v) is 6.21. The van der Waals surface area contributed by atoms with Gasteiger partial charge in [0.1, 0.15) is 0 Å². The first kappa shape index (κ1) is 16.8. The normalized spacial score (nSPS) is 12.8. The number of nitrogens with one attached hydrogen (secondary N) is 1. The number of nitrogens with zero attached hydrogens (tertiary/aromatic N) is 1. The van der Waals surface area contributed by atoms with Crippen LogP contribution in [0.3, 0.4) is 0 Å². The molecule has 0 aliphatic carbocycles. The summed E-state index contributed by atoms with van der Waals surface area (Å²) in [5, 5.41) is 3.47. The van der Waals surface area contributed by atoms with E-state index in [9.17, 15) is 4.79 Å². The summed E-state index contributed by atoms with van der Waals surface area (Å²) in [5.41, 5.74) is 6.67. The molecule has 1 aromatic rings. The molecule has 0 radical (unpaired) electrons. The van der Waals surface area contributed by atoms with E-state index in [4.69, 9.17) is 17.3 Å². The highest BCUT2D eigenvalue weighted by Gasteiger charge is 2.16. The van der Waals surface area contributed by atoms with Crippen LogP contribution in [0.4, 0.5) is 5.69 Å². The zero-order valence-electron chi connectivity index (χ0n) is 12.6. The molecule has 20 heavy (non-hydrogen) atoms. The number of benzene rings is 1. The molecule has 1 amide bonds. The molecule has 1 atom stereocenters. The van der Waals surface area contributed by atoms with Gasteiger partial charge in [-0.25, -0.2) is 0 Å². The van der Waals surface area contributed by atoms with Gasteiger partial charge in [0.05, 0.1) is 10.7 Å². The Morgan fingerprint density at radius 1 is 1.40 bits per heavy atom. The molecule has 1 unspecified atom stereocenters. The highest BCUT2D eigenvalue weighted by molar-refractivity contribution is 6.33. The Morgan fingerprint density at radius 2 is 2.05 bits per heavy atom. The van der Waals surface area contributed by atoms with Crippen LogP contribution in [0.2, 0.25) is 5.02 Å². The zero-order valence-corrected chi connectivity index (χ0v) is 13.4. The molecular formula is C15H24ClN3O. The first-order chi connectivity index (χ1) is 9.29. The lowest BCUT2D eigenvalue weighted by atomic mass is 10.0. The van der Waals surface area contributed by atoms with Crippen LogP contribution in [0, 0.1) is 5.92 Å². The van der Waals surface area contributed by atoms with Crippen molar-refractivity contribution in [1.82, 2.24) is 10.2 Å². The Kier molecular flexibility index (Phi) is 6.30. The van der Waals surface area contributed by atoms with Crippen molar-refractivity contribution in [2.24, 2.45) is 5.92 Å². The lowest BCUT2D eigenvalue weighted by molar-refractivity contribution is 0.0924. The summed E-state index contributed by atoms with van der Waals surface area (Å²) < 4.78 is 0. The van der Waals surface area contributed by atoms with Gasteiger partial charge in [-0.15, -0.1) is 0 Å². The fourth-order valence-corrected chi connectivity index (χ4v) is 2.31. The van der Waals surface area contributed by atoms with E-state index in [2.05, 4.69) is 24.1 Å². The van der Waals surface area contributed by atoms with Gasteiger partial charge in [0, 0.05) is 18.2 Å². The SMILES string of the molecule is CC(C)CC(CN(C)C)NC(=O)c1ccc(N)c(Cl)c1. The fourth-order valence-electron chi connectivity index (χ4n) is 2.13. The zero-order chi connectivity index (χ0) is 15.3. The maximum atomic E-state index is 12.3. The summed E-state index contributed by atoms with van der Waals surface area (Å²) >= 11 is 5.95. The summed E-state index contributed by atoms with van der Waals surface area (Å²) in [5.74, 6) is 0.412. The Bertz CT molecular complexity index is 450. The summed E-state index contributed by atoms with van der Waals surface area (Å²) in [6.45, 7) is 5.11. The lowest BCUT2D eigenvalue weighted by Crippen LogP contribution is -2.42. The summed E-state index contributed by atoms with van der Waals surface area (Å²) in [6, 6.07) is 5.07. The van der Waals surface area contributed by atoms with Gasteiger partial charge >= 0.3 is 0 Å². The molecular weight excluding hydrogens is 274 g/mol. The van der Waals surface area contributed by atoms with Crippen LogP contribution < -0.4 is 11.1 Å². The van der Waals surface area contributed by atoms with Crippen LogP contribution in [0.15, 0.2) is 18.2 Å². The van der Waals surface area contributed by atoms with Crippen molar-refractivity contribution in [2.75, 3.05) is 26.4 Å². The molecule has 0 saturated heterocycles. The molecule has 0 saturated carbocycles. The first-order valence-electron chi connectivity index (χ1n) is 6.80. The monoisotopic (exact) mass is 297 g/mol. The van der Waals surface area contributed by atoms with Gasteiger partial charge in [0.25, 0.3) is 5.91 Å². The Hall–Kier alpha value is -1.26. The molecule has 0 spiro atoms. The molecule has 1 rings (SSSR count). The molecule has 112 valence electrons. The maximum absolute atomic E-state index is 12.3. The largest absolute Gasteiger partial charge is 0.398 e. The average Bonchev–Trinajstić information content (AvgIpc) is 2.30. The van der Waals surface area contributed by atoms with E-state index in [-0.39, 0.29) is 11.9 Å². The summed E-state index contributed by atoms with van der Waals surface area (Å²) in [4.78, 5) is 14.3. The van der Waals surface area contributed by atoms with Gasteiger partial charge in [0.15, 0.2) is 0 Å². The molecule has 0 aromatic heterocycles. The minimum absolute atomic E-state index is 0.112. The van der Waals surface area contributed by atoms with Crippen molar-refractivity contribution in [3.63, 3.8) is 0 Å². The molecule has 0 fully saturated rings. The van der Waals surface area contributed by atoms with E-state index in [0.717, 1.165) is 13.0 Å². The van der Waals surface area contributed by atoms with Crippen LogP contribution in [-0.4, -0.2) is 37.5 Å². The maximum Gasteiger partial charge on any atom is 0.251 e. The Labute approximate surface area is 126 Å². The number of amides is 1. The van der Waals surface area contributed by atoms with Crippen LogP contribution in [0.5, 0.6) is 0 Å². The van der Waals surface area contributed by atoms with Gasteiger partial charge in [-0.2, -0.15) is 0 Å². The van der Waals surface area contributed by atoms with Gasteiger partial charge in [0.2, 0.25) is 0 Å². The number of anilines is 1. The van der Waals surface area contributed by atoms with Crippen LogP contribution in [-0.2, 0) is 0 Å². The minimum atomic E-state index is -0.112. The number of hydrogen-bond acceptors (Lipinski definition) is 3. The standard InChI is InChI=1S/C15H24ClN3O/c1-10(2)7-12(9-19(3)4)18-15(20)11-5-6-14(17)13(16)8-11/h5-6,8,10,12H,7,9,17H2,1-4H3,(H,18,20). The summed E-state index contributed by atoms with van der Waals surface area (Å²) in [7, 11) is 4.00. The van der Waals surface area contributed by atoms with Crippen LogP contribution in [0.1, 0.15) is 30.6 Å². The van der Waals surface area contributed by atoms with Crippen molar-refractivity contribution in [2.45, 2.75) is 26.3 Å². The van der Waals surface area contributed by atoms with Gasteiger partial charge in [-0.1, -0.05) is 25.4 Å². The van der Waals surface area contributed by atoms with Crippen molar-refractivity contribution < 1.29 is 4.79 Å². The first-order valence-corrected chi connectivity index (χ1v) is 7.18. The number of nitrogen functional groups attached to an aromatic ring is 1. The number of hydrogen-bond donors (Lipinski definition) is 2. The third kappa shape index (κ3) is 5.39. The highest BCUT2D eigenvalue weighted by Crippen LogP contribution is 2.19. The van der Waals surface area contributed by atoms with Crippen molar-refractivity contribution >= 4 is 23.2 Å². The number of halogens is 1. The number of carbonyl (C=O) groups is 1. The topological polar surface area (TPSA) is 58.4 Å². The number of nitrogens with two attached hydrogens (primary N) is 1. The number of carbonyl (C=O) groups excluding carboxylic acids is 1. The smallest absolute Gasteiger partial charge is 0.251 e. The molecule has 1 aromatic carbocycles. The van der Waals surface area contributed by atoms with Crippen LogP contribution in [0.25, 0.3) is 0 Å². The molecule has 3 N–H and O–H groups in total. The van der Waals surface area contributed by atoms with E-state index in [1.165, 1.54) is 0 Å². The van der Waals surface area contributed by atoms with Gasteiger partial charge in [-0.05, 0) is 44.6 Å². The number of likely N-dealkylation sites (N-methyl/N-ethyl adjacent to an activating group) is 1. The van der Waals surface area contributed by atoms with Crippen molar-refractivity contribution in [3.05, 3.63) is 28.8 Å². The predicted octanol–water partition coefficient (Wildman–Crippen LogP) is 2.63.